The van der Waals surface area contributed by atoms with Gasteiger partial charge in [0.1, 0.15) is 5.82 Å². The lowest BCUT2D eigenvalue weighted by Crippen LogP contribution is -2.19. The molecule has 5 heteroatoms. The molecule has 0 unspecified atom stereocenters. The lowest BCUT2D eigenvalue weighted by Gasteiger charge is -2.08. The van der Waals surface area contributed by atoms with E-state index < -0.39 is 11.7 Å². The van der Waals surface area contributed by atoms with Crippen LogP contribution in [0.2, 0.25) is 0 Å². The molecule has 0 aliphatic rings. The highest BCUT2D eigenvalue weighted by molar-refractivity contribution is 6.03. The molecule has 0 radical (unpaired) electrons. The minimum atomic E-state index is -0.619. The second kappa shape index (κ2) is 5.97. The van der Waals surface area contributed by atoms with Gasteiger partial charge in [0.2, 0.25) is 5.91 Å². The van der Waals surface area contributed by atoms with Gasteiger partial charge in [0, 0.05) is 0 Å². The average molecular weight is 272 g/mol. The van der Waals surface area contributed by atoms with Gasteiger partial charge >= 0.3 is 0 Å². The maximum Gasteiger partial charge on any atom is 0.250 e. The van der Waals surface area contributed by atoms with Gasteiger partial charge in [0.05, 0.1) is 17.7 Å². The topological polar surface area (TPSA) is 72.2 Å². The molecule has 4 nitrogen and oxygen atoms in total. The van der Waals surface area contributed by atoms with Crippen molar-refractivity contribution in [3.8, 4) is 0 Å². The number of hydrogen-bond acceptors (Lipinski definition) is 2. The number of para-hydroxylation sites is 1. The number of halogens is 1. The molecule has 0 saturated carbocycles. The van der Waals surface area contributed by atoms with Crippen LogP contribution in [0.4, 0.5) is 10.1 Å². The molecule has 0 bridgehead atoms. The number of amides is 2. The maximum absolute atomic E-state index is 13.0. The van der Waals surface area contributed by atoms with Crippen LogP contribution in [0.1, 0.15) is 15.9 Å². The normalized spacial score (nSPS) is 10.1. The lowest BCUT2D eigenvalue weighted by molar-refractivity contribution is -0.115. The van der Waals surface area contributed by atoms with Crippen molar-refractivity contribution in [2.75, 3.05) is 5.32 Å². The van der Waals surface area contributed by atoms with Crippen molar-refractivity contribution in [2.24, 2.45) is 5.73 Å². The van der Waals surface area contributed by atoms with Crippen LogP contribution in [-0.2, 0) is 11.2 Å². The molecule has 102 valence electrons. The summed E-state index contributed by atoms with van der Waals surface area (Å²) in [7, 11) is 0. The standard InChI is InChI=1S/C15H13FN2O2/c16-11-5-3-4-10(8-11)9-14(19)18-13-7-2-1-6-12(13)15(17)20/h1-8H,9H2,(H2,17,20)(H,18,19). The van der Waals surface area contributed by atoms with E-state index in [1.165, 1.54) is 24.3 Å². The number of nitrogens with two attached hydrogens (primary N) is 1. The minimum Gasteiger partial charge on any atom is -0.366 e. The lowest BCUT2D eigenvalue weighted by atomic mass is 10.1. The van der Waals surface area contributed by atoms with Gasteiger partial charge in [0.15, 0.2) is 0 Å². The van der Waals surface area contributed by atoms with E-state index in [2.05, 4.69) is 5.32 Å². The van der Waals surface area contributed by atoms with Crippen LogP contribution >= 0.6 is 0 Å². The molecule has 0 aromatic heterocycles. The number of primary amides is 1. The summed E-state index contributed by atoms with van der Waals surface area (Å²) in [5.41, 5.74) is 6.36. The maximum atomic E-state index is 13.0. The van der Waals surface area contributed by atoms with Crippen molar-refractivity contribution in [1.29, 1.82) is 0 Å². The molecular weight excluding hydrogens is 259 g/mol. The summed E-state index contributed by atoms with van der Waals surface area (Å²) >= 11 is 0. The van der Waals surface area contributed by atoms with Crippen molar-refractivity contribution in [3.05, 3.63) is 65.5 Å². The Balaban J connectivity index is 2.11. The largest absolute Gasteiger partial charge is 0.366 e. The van der Waals surface area contributed by atoms with Crippen molar-refractivity contribution in [3.63, 3.8) is 0 Å². The van der Waals surface area contributed by atoms with E-state index in [-0.39, 0.29) is 17.9 Å². The summed E-state index contributed by atoms with van der Waals surface area (Å²) in [6.45, 7) is 0. The highest BCUT2D eigenvalue weighted by Crippen LogP contribution is 2.15. The zero-order valence-electron chi connectivity index (χ0n) is 10.6. The zero-order valence-corrected chi connectivity index (χ0v) is 10.6. The van der Waals surface area contributed by atoms with Crippen molar-refractivity contribution in [1.82, 2.24) is 0 Å². The summed E-state index contributed by atoms with van der Waals surface area (Å²) in [6, 6.07) is 12.2. The van der Waals surface area contributed by atoms with E-state index in [1.54, 1.807) is 24.3 Å². The molecule has 0 saturated heterocycles. The Kier molecular flexibility index (Phi) is 4.10. The van der Waals surface area contributed by atoms with Crippen molar-refractivity contribution in [2.45, 2.75) is 6.42 Å². The third-order valence-corrected chi connectivity index (χ3v) is 2.72. The molecule has 2 rings (SSSR count). The van der Waals surface area contributed by atoms with Crippen LogP contribution in [0.5, 0.6) is 0 Å². The highest BCUT2D eigenvalue weighted by atomic mass is 19.1. The highest BCUT2D eigenvalue weighted by Gasteiger charge is 2.10. The van der Waals surface area contributed by atoms with Gasteiger partial charge in [-0.05, 0) is 29.8 Å². The Bertz CT molecular complexity index is 656. The number of rotatable bonds is 4. The molecule has 0 atom stereocenters. The second-order valence-electron chi connectivity index (χ2n) is 4.26. The Morgan fingerprint density at radius 1 is 1.10 bits per heavy atom. The van der Waals surface area contributed by atoms with Gasteiger partial charge in [-0.3, -0.25) is 9.59 Å². The molecule has 0 aliphatic heterocycles. The smallest absolute Gasteiger partial charge is 0.250 e. The summed E-state index contributed by atoms with van der Waals surface area (Å²) in [5, 5.41) is 2.60. The molecule has 0 heterocycles. The predicted octanol–water partition coefficient (Wildman–Crippen LogP) is 2.11. The number of carbonyl (C=O) groups is 2. The zero-order chi connectivity index (χ0) is 14.5. The van der Waals surface area contributed by atoms with E-state index in [4.69, 9.17) is 5.73 Å². The fourth-order valence-corrected chi connectivity index (χ4v) is 1.83. The average Bonchev–Trinajstić information content (AvgIpc) is 2.38. The summed E-state index contributed by atoms with van der Waals surface area (Å²) in [5.74, 6) is -1.36. The van der Waals surface area contributed by atoms with Crippen LogP contribution in [0.3, 0.4) is 0 Å². The van der Waals surface area contributed by atoms with Gasteiger partial charge in [-0.1, -0.05) is 24.3 Å². The van der Waals surface area contributed by atoms with E-state index in [9.17, 15) is 14.0 Å². The SMILES string of the molecule is NC(=O)c1ccccc1NC(=O)Cc1cccc(F)c1. The number of hydrogen-bond donors (Lipinski definition) is 2. The summed E-state index contributed by atoms with van der Waals surface area (Å²) < 4.78 is 13.0. The first kappa shape index (κ1) is 13.7. The first-order chi connectivity index (χ1) is 9.56. The number of anilines is 1. The number of benzene rings is 2. The second-order valence-corrected chi connectivity index (χ2v) is 4.26. The molecule has 0 spiro atoms. The molecule has 3 N–H and O–H groups in total. The van der Waals surface area contributed by atoms with Gasteiger partial charge < -0.3 is 11.1 Å². The summed E-state index contributed by atoms with van der Waals surface area (Å²) in [6.07, 6.45) is 0.0187. The fourth-order valence-electron chi connectivity index (χ4n) is 1.83. The fraction of sp³-hybridized carbons (Fsp3) is 0.0667. The third-order valence-electron chi connectivity index (χ3n) is 2.72. The third kappa shape index (κ3) is 3.41. The Labute approximate surface area is 115 Å². The van der Waals surface area contributed by atoms with Gasteiger partial charge in [-0.15, -0.1) is 0 Å². The Morgan fingerprint density at radius 2 is 1.85 bits per heavy atom. The Morgan fingerprint density at radius 3 is 2.55 bits per heavy atom. The van der Waals surface area contributed by atoms with Crippen LogP contribution in [0, 0.1) is 5.82 Å². The monoisotopic (exact) mass is 272 g/mol. The molecule has 20 heavy (non-hydrogen) atoms. The van der Waals surface area contributed by atoms with Crippen LogP contribution in [-0.4, -0.2) is 11.8 Å². The molecule has 2 amide bonds. The molecule has 0 fully saturated rings. The van der Waals surface area contributed by atoms with Crippen LogP contribution < -0.4 is 11.1 Å². The van der Waals surface area contributed by atoms with E-state index in [0.717, 1.165) is 0 Å². The molecule has 0 aliphatic carbocycles. The number of nitrogens with one attached hydrogen (secondary N) is 1. The predicted molar refractivity (Wildman–Crippen MR) is 73.7 cm³/mol. The van der Waals surface area contributed by atoms with Crippen LogP contribution in [0.25, 0.3) is 0 Å². The van der Waals surface area contributed by atoms with Gasteiger partial charge in [0.25, 0.3) is 5.91 Å². The molecule has 2 aromatic carbocycles. The van der Waals surface area contributed by atoms with E-state index >= 15 is 0 Å². The van der Waals surface area contributed by atoms with E-state index in [0.29, 0.717) is 11.3 Å². The van der Waals surface area contributed by atoms with Gasteiger partial charge in [-0.2, -0.15) is 0 Å². The first-order valence-electron chi connectivity index (χ1n) is 5.99. The van der Waals surface area contributed by atoms with Crippen molar-refractivity contribution < 1.29 is 14.0 Å². The number of carbonyl (C=O) groups excluding carboxylic acids is 2. The van der Waals surface area contributed by atoms with Crippen molar-refractivity contribution >= 4 is 17.5 Å². The minimum absolute atomic E-state index is 0.0187. The molecule has 2 aromatic rings. The van der Waals surface area contributed by atoms with Crippen LogP contribution in [0.15, 0.2) is 48.5 Å². The molecular formula is C15H13FN2O2. The van der Waals surface area contributed by atoms with Gasteiger partial charge in [-0.25, -0.2) is 4.39 Å². The van der Waals surface area contributed by atoms with E-state index in [1.807, 2.05) is 0 Å². The first-order valence-corrected chi connectivity index (χ1v) is 5.99. The summed E-state index contributed by atoms with van der Waals surface area (Å²) in [4.78, 5) is 23.1. The quantitative estimate of drug-likeness (QED) is 0.894. The Hall–Kier alpha value is -2.69.